The molecule has 24 heavy (non-hydrogen) atoms. The summed E-state index contributed by atoms with van der Waals surface area (Å²) in [5.41, 5.74) is 0.598. The fourth-order valence-electron chi connectivity index (χ4n) is 4.54. The number of aliphatic hydroxyl groups is 1. The molecule has 0 aromatic carbocycles. The van der Waals surface area contributed by atoms with Crippen molar-refractivity contribution in [1.82, 2.24) is 10.3 Å². The monoisotopic (exact) mass is 339 g/mol. The van der Waals surface area contributed by atoms with Crippen LogP contribution in [0.4, 0.5) is 13.2 Å². The molecular weight excluding hydrogens is 319 g/mol. The molecule has 1 aromatic rings. The number of alkyl halides is 3. The summed E-state index contributed by atoms with van der Waals surface area (Å²) in [5.74, 6) is -2.72. The van der Waals surface area contributed by atoms with Gasteiger partial charge in [0.25, 0.3) is 0 Å². The average molecular weight is 339 g/mol. The molecule has 1 saturated heterocycles. The van der Waals surface area contributed by atoms with E-state index in [4.69, 9.17) is 5.26 Å². The number of pyridine rings is 1. The highest BCUT2D eigenvalue weighted by Crippen LogP contribution is 2.64. The Balaban J connectivity index is 1.92. The molecule has 1 aliphatic heterocycles. The van der Waals surface area contributed by atoms with Crippen LogP contribution >= 0.6 is 0 Å². The van der Waals surface area contributed by atoms with Crippen molar-refractivity contribution in [2.75, 3.05) is 19.7 Å². The van der Waals surface area contributed by atoms with Crippen LogP contribution in [-0.4, -0.2) is 36.0 Å². The van der Waals surface area contributed by atoms with E-state index in [0.717, 1.165) is 0 Å². The molecule has 0 radical (unpaired) electrons. The third-order valence-electron chi connectivity index (χ3n) is 5.71. The lowest BCUT2D eigenvalue weighted by atomic mass is 9.46. The van der Waals surface area contributed by atoms with E-state index in [2.05, 4.69) is 10.3 Å². The number of aliphatic hydroxyl groups excluding tert-OH is 1. The number of nitriles is 1. The number of halogens is 3. The number of nitrogens with one attached hydrogen (secondary N) is 1. The SMILES string of the molecule is N#Cc1ccc([C@@H]2CC3(CCNCC3)C2C(CO)C(F)(F)F)nc1. The topological polar surface area (TPSA) is 68.9 Å². The molecule has 4 nitrogen and oxygen atoms in total. The first kappa shape index (κ1) is 17.2. The second-order valence-corrected chi connectivity index (χ2v) is 6.86. The van der Waals surface area contributed by atoms with E-state index < -0.39 is 24.6 Å². The summed E-state index contributed by atoms with van der Waals surface area (Å²) in [6.45, 7) is 0.524. The third-order valence-corrected chi connectivity index (χ3v) is 5.71. The van der Waals surface area contributed by atoms with Gasteiger partial charge in [0.15, 0.2) is 0 Å². The summed E-state index contributed by atoms with van der Waals surface area (Å²) < 4.78 is 40.5. The van der Waals surface area contributed by atoms with E-state index in [1.54, 1.807) is 12.1 Å². The standard InChI is InChI=1S/C17H20F3N3O/c18-17(19,20)13(10-24)15-12(7-16(15)3-5-22-6-4-16)14-2-1-11(8-21)9-23-14/h1-2,9,12-13,15,22,24H,3-7,10H2/t12-,13?,15?/m0/s1. The first-order valence-electron chi connectivity index (χ1n) is 8.15. The predicted molar refractivity (Wildman–Crippen MR) is 81.0 cm³/mol. The second kappa shape index (κ2) is 6.34. The zero-order chi connectivity index (χ0) is 17.4. The number of hydrogen-bond acceptors (Lipinski definition) is 4. The van der Waals surface area contributed by atoms with E-state index in [9.17, 15) is 18.3 Å². The molecule has 2 unspecified atom stereocenters. The maximum Gasteiger partial charge on any atom is 0.394 e. The molecule has 2 N–H and O–H groups in total. The first-order valence-corrected chi connectivity index (χ1v) is 8.15. The first-order chi connectivity index (χ1) is 11.4. The third kappa shape index (κ3) is 2.89. The highest BCUT2D eigenvalue weighted by Gasteiger charge is 2.62. The van der Waals surface area contributed by atoms with E-state index in [0.29, 0.717) is 43.6 Å². The van der Waals surface area contributed by atoms with Crippen LogP contribution in [0.15, 0.2) is 18.3 Å². The van der Waals surface area contributed by atoms with Crippen LogP contribution in [0.1, 0.15) is 36.4 Å². The lowest BCUT2D eigenvalue weighted by Gasteiger charge is -2.59. The van der Waals surface area contributed by atoms with Crippen molar-refractivity contribution in [2.45, 2.75) is 31.4 Å². The Morgan fingerprint density at radius 1 is 1.38 bits per heavy atom. The summed E-state index contributed by atoms with van der Waals surface area (Å²) in [6.07, 6.45) is -0.983. The van der Waals surface area contributed by atoms with Gasteiger partial charge in [-0.25, -0.2) is 0 Å². The van der Waals surface area contributed by atoms with Crippen molar-refractivity contribution in [3.8, 4) is 6.07 Å². The fraction of sp³-hybridized carbons (Fsp3) is 0.647. The predicted octanol–water partition coefficient (Wildman–Crippen LogP) is 2.60. The highest BCUT2D eigenvalue weighted by molar-refractivity contribution is 5.30. The van der Waals surface area contributed by atoms with Crippen LogP contribution in [-0.2, 0) is 0 Å². The number of hydrogen-bond donors (Lipinski definition) is 2. The van der Waals surface area contributed by atoms with Crippen molar-refractivity contribution < 1.29 is 18.3 Å². The van der Waals surface area contributed by atoms with Crippen molar-refractivity contribution in [3.63, 3.8) is 0 Å². The maximum atomic E-state index is 13.5. The molecule has 2 fully saturated rings. The van der Waals surface area contributed by atoms with E-state index >= 15 is 0 Å². The molecule has 2 aliphatic rings. The molecule has 7 heteroatoms. The minimum Gasteiger partial charge on any atom is -0.396 e. The number of nitrogens with zero attached hydrogens (tertiary/aromatic N) is 2. The largest absolute Gasteiger partial charge is 0.396 e. The van der Waals surface area contributed by atoms with Crippen molar-refractivity contribution in [3.05, 3.63) is 29.6 Å². The molecule has 2 heterocycles. The zero-order valence-corrected chi connectivity index (χ0v) is 13.2. The average Bonchev–Trinajstić information content (AvgIpc) is 2.57. The minimum atomic E-state index is -4.43. The normalized spacial score (nSPS) is 27.3. The van der Waals surface area contributed by atoms with Crippen molar-refractivity contribution in [1.29, 1.82) is 5.26 Å². The Morgan fingerprint density at radius 2 is 2.08 bits per heavy atom. The van der Waals surface area contributed by atoms with Gasteiger partial charge in [0.05, 0.1) is 18.1 Å². The smallest absolute Gasteiger partial charge is 0.394 e. The number of piperidine rings is 1. The molecule has 0 bridgehead atoms. The van der Waals surface area contributed by atoms with Gasteiger partial charge in [-0.15, -0.1) is 0 Å². The Morgan fingerprint density at radius 3 is 2.58 bits per heavy atom. The summed E-state index contributed by atoms with van der Waals surface area (Å²) in [6, 6.07) is 5.20. The van der Waals surface area contributed by atoms with Crippen molar-refractivity contribution >= 4 is 0 Å². The Labute approximate surface area is 138 Å². The quantitative estimate of drug-likeness (QED) is 0.888. The van der Waals surface area contributed by atoms with Crippen LogP contribution in [0.25, 0.3) is 0 Å². The van der Waals surface area contributed by atoms with Gasteiger partial charge >= 0.3 is 6.18 Å². The summed E-state index contributed by atoms with van der Waals surface area (Å²) >= 11 is 0. The molecule has 1 spiro atoms. The van der Waals surface area contributed by atoms with Crippen LogP contribution < -0.4 is 5.32 Å². The zero-order valence-electron chi connectivity index (χ0n) is 13.2. The summed E-state index contributed by atoms with van der Waals surface area (Å²) in [7, 11) is 0. The van der Waals surface area contributed by atoms with Gasteiger partial charge in [-0.2, -0.15) is 18.4 Å². The number of rotatable bonds is 3. The highest BCUT2D eigenvalue weighted by atomic mass is 19.4. The van der Waals surface area contributed by atoms with Crippen LogP contribution in [0, 0.1) is 28.6 Å². The summed E-state index contributed by atoms with van der Waals surface area (Å²) in [4.78, 5) is 4.21. The van der Waals surface area contributed by atoms with Gasteiger partial charge in [0, 0.05) is 17.8 Å². The molecule has 3 rings (SSSR count). The molecule has 1 aromatic heterocycles. The van der Waals surface area contributed by atoms with Crippen LogP contribution in [0.3, 0.4) is 0 Å². The van der Waals surface area contributed by atoms with Gasteiger partial charge in [-0.05, 0) is 55.8 Å². The number of aromatic nitrogens is 1. The molecule has 0 amide bonds. The van der Waals surface area contributed by atoms with E-state index in [-0.39, 0.29) is 11.3 Å². The Hall–Kier alpha value is -1.65. The van der Waals surface area contributed by atoms with Crippen LogP contribution in [0.2, 0.25) is 0 Å². The van der Waals surface area contributed by atoms with Crippen LogP contribution in [0.5, 0.6) is 0 Å². The van der Waals surface area contributed by atoms with Gasteiger partial charge in [-0.1, -0.05) is 0 Å². The second-order valence-electron chi connectivity index (χ2n) is 6.86. The van der Waals surface area contributed by atoms with E-state index in [1.165, 1.54) is 6.20 Å². The molecule has 1 saturated carbocycles. The Bertz CT molecular complexity index is 617. The van der Waals surface area contributed by atoms with Gasteiger partial charge in [0.2, 0.25) is 0 Å². The van der Waals surface area contributed by atoms with Crippen molar-refractivity contribution in [2.24, 2.45) is 17.3 Å². The summed E-state index contributed by atoms with van der Waals surface area (Å²) in [5, 5.41) is 21.5. The minimum absolute atomic E-state index is 0.324. The van der Waals surface area contributed by atoms with E-state index in [1.807, 2.05) is 6.07 Å². The molecule has 130 valence electrons. The molecule has 3 atom stereocenters. The lowest BCUT2D eigenvalue weighted by molar-refractivity contribution is -0.236. The molecule has 1 aliphatic carbocycles. The Kier molecular flexibility index (Phi) is 4.54. The maximum absolute atomic E-state index is 13.5. The fourth-order valence-corrected chi connectivity index (χ4v) is 4.54. The van der Waals surface area contributed by atoms with Gasteiger partial charge in [0.1, 0.15) is 6.07 Å². The molecular formula is C17H20F3N3O. The van der Waals surface area contributed by atoms with Gasteiger partial charge < -0.3 is 10.4 Å². The lowest BCUT2D eigenvalue weighted by Crippen LogP contribution is -2.58. The van der Waals surface area contributed by atoms with Gasteiger partial charge in [-0.3, -0.25) is 4.98 Å².